The van der Waals surface area contributed by atoms with Crippen molar-refractivity contribution >= 4 is 77.0 Å². The van der Waals surface area contributed by atoms with Crippen LogP contribution < -0.4 is 61.5 Å². The molecule has 7 aliphatic heterocycles. The number of aromatic hydroxyl groups is 4. The lowest BCUT2D eigenvalue weighted by Crippen LogP contribution is -2.65. The Labute approximate surface area is 694 Å². The molecule has 0 radical (unpaired) electrons. The molecule has 37 heteroatoms. The lowest BCUT2D eigenvalue weighted by atomic mass is 9.88. The fourth-order valence-electron chi connectivity index (χ4n) is 14.9. The number of unbranched alkanes of at least 4 members (excludes halogenated alkanes) is 5. The molecule has 7 aliphatic rings. The van der Waals surface area contributed by atoms with E-state index in [0.717, 1.165) is 80.6 Å². The maximum atomic E-state index is 16.6. The number of carboxylic acid groups (broad SMARTS) is 2. The fourth-order valence-corrected chi connectivity index (χ4v) is 15.4. The first-order valence-corrected chi connectivity index (χ1v) is 39.3. The number of rotatable bonds is 22. The number of amides is 7. The van der Waals surface area contributed by atoms with E-state index in [-0.39, 0.29) is 75.3 Å². The van der Waals surface area contributed by atoms with Gasteiger partial charge in [-0.05, 0) is 120 Å². The minimum Gasteiger partial charge on any atom is -0.508 e. The van der Waals surface area contributed by atoms with Crippen molar-refractivity contribution in [2.24, 2.45) is 5.92 Å². The van der Waals surface area contributed by atoms with Gasteiger partial charge in [-0.15, -0.1) is 0 Å². The quantitative estimate of drug-likeness (QED) is 0.0303. The van der Waals surface area contributed by atoms with Crippen LogP contribution in [0.25, 0.3) is 11.1 Å². The van der Waals surface area contributed by atoms with Crippen LogP contribution in [0.5, 0.6) is 63.2 Å². The lowest BCUT2D eigenvalue weighted by molar-refractivity contribution is -0.241. The van der Waals surface area contributed by atoms with Crippen LogP contribution in [0.1, 0.15) is 146 Å². The smallest absolute Gasteiger partial charge is 0.335 e. The van der Waals surface area contributed by atoms with Gasteiger partial charge in [0.2, 0.25) is 48.1 Å². The molecule has 120 heavy (non-hydrogen) atoms. The summed E-state index contributed by atoms with van der Waals surface area (Å²) in [6, 6.07) is 9.35. The molecule has 2 saturated heterocycles. The van der Waals surface area contributed by atoms with Crippen LogP contribution in [0.15, 0.2) is 115 Å². The molecule has 35 nitrogen and oxygen atoms in total. The van der Waals surface area contributed by atoms with Gasteiger partial charge in [-0.25, -0.2) is 9.59 Å². The molecule has 0 spiro atoms. The number of phenolic OH excluding ortho intramolecular Hbond substituents is 4. The molecule has 20 N–H and O–H groups in total. The standard InChI is InChI=1S/C83H90Cl2N8O27/c1-36(2)10-8-6-4-5-7-9-11-62(101)90-70-61(119-75(82(113)114)73(104)72(70)103)32-46-57-26-41-27-58(46)118-56-21-16-38(24-49(56)84)54(99)33-87-77(107)66(39-14-19-51(96)45(23-39)63-47(69(81(111)112)88-35-94)28-42(95)29-60(63)120-83-74(105)71(102)55(100)34-115-83)91-79(109)67(41)92-80(110)68-48-30-44(31-53(98)64(48)85)117-59-25-40(15-20-52(59)97)65(86-3)78(108)89-50(76(106)93-68)22-37-12-17-43(116-57)18-13-37/h12-21,23-31,35-36,50,54-55,61,65-75,83,86,95-100,102-105H,4-11,22,32-34H2,1-3H3,(H,87,107)(H,88,94)(H,89,108)(H,90,101)(H,91,109)(H,92,110)(H,93,106)(H,111,112)(H,113,114)/t50-,54+,55-,61+,65-,66-,67-,68-,69-,70+,71+,72-,73+,74+,75+,83-/m1/s1. The van der Waals surface area contributed by atoms with E-state index in [1.54, 1.807) is 0 Å². The van der Waals surface area contributed by atoms with Gasteiger partial charge in [-0.3, -0.25) is 33.6 Å². The maximum Gasteiger partial charge on any atom is 0.335 e. The van der Waals surface area contributed by atoms with E-state index in [2.05, 4.69) is 56.4 Å². The molecule has 7 heterocycles. The summed E-state index contributed by atoms with van der Waals surface area (Å²) in [7, 11) is 1.43. The van der Waals surface area contributed by atoms with Crippen molar-refractivity contribution in [2.45, 2.75) is 175 Å². The van der Waals surface area contributed by atoms with Gasteiger partial charge in [0.1, 0.15) is 112 Å². The summed E-state index contributed by atoms with van der Waals surface area (Å²) in [4.78, 5) is 131. The summed E-state index contributed by atoms with van der Waals surface area (Å²) in [5.74, 6) is -14.7. The van der Waals surface area contributed by atoms with Crippen LogP contribution in [-0.4, -0.2) is 196 Å². The van der Waals surface area contributed by atoms with Gasteiger partial charge >= 0.3 is 11.9 Å². The lowest BCUT2D eigenvalue weighted by Gasteiger charge is -2.42. The Morgan fingerprint density at radius 2 is 1.27 bits per heavy atom. The number of hydrogen-bond donors (Lipinski definition) is 20. The normalized spacial score (nSPS) is 24.7. The predicted octanol–water partition coefficient (Wildman–Crippen LogP) is 5.28. The monoisotopic (exact) mass is 1700 g/mol. The fraction of sp³-hybridized carbons (Fsp3) is 0.386. The molecule has 0 unspecified atom stereocenters. The first-order valence-electron chi connectivity index (χ1n) is 38.6. The number of halogens is 2. The minimum absolute atomic E-state index is 0.0108. The predicted molar refractivity (Wildman–Crippen MR) is 423 cm³/mol. The number of phenols is 4. The molecule has 14 rings (SSSR count). The van der Waals surface area contributed by atoms with Gasteiger partial charge in [-0.1, -0.05) is 106 Å². The number of hydrogen-bond acceptors (Lipinski definition) is 26. The van der Waals surface area contributed by atoms with Crippen LogP contribution >= 0.6 is 23.2 Å². The zero-order chi connectivity index (χ0) is 86.2. The SMILES string of the molecule is CN[C@H]1C(=O)N[C@@H]2Cc3ccc(cc3)Oc3cc4cc(c3C[C@@H]3O[C@H](C(=O)O)[C@@H](O)[C@H](O)[C@H]3NC(=O)CCCCCCCCC(C)C)Oc3ccc(cc3Cl)[C@@H](O)CNC(=O)[C@@H](c3ccc(O)c(-c5c(O[C@H]6OC[C@@H](O)[C@H](O)[C@@H]6O)cc(O)cc5[C@@H](NC=O)C(=O)O)c3)NC(=O)[C@@H]4NC(=O)[C@H](NC2=O)c2cc(cc(O)c2Cl)Oc2cc1ccc2O. The third kappa shape index (κ3) is 19.9. The molecule has 638 valence electrons. The van der Waals surface area contributed by atoms with E-state index in [1.807, 2.05) is 0 Å². The van der Waals surface area contributed by atoms with Crippen molar-refractivity contribution in [3.63, 3.8) is 0 Å². The van der Waals surface area contributed by atoms with E-state index >= 15 is 19.2 Å². The Bertz CT molecular complexity index is 5040. The number of nitrogens with one attached hydrogen (secondary N) is 8. The van der Waals surface area contributed by atoms with Crippen molar-refractivity contribution in [1.82, 2.24) is 42.5 Å². The summed E-state index contributed by atoms with van der Waals surface area (Å²) < 4.78 is 37.6. The second-order valence-electron chi connectivity index (χ2n) is 30.2. The molecule has 7 amide bonds. The molecular formula is C83H90Cl2N8O27. The van der Waals surface area contributed by atoms with E-state index in [9.17, 15) is 85.3 Å². The molecule has 16 atom stereocenters. The number of carboxylic acids is 2. The number of fused-ring (bicyclic) bond motifs is 15. The molecule has 2 fully saturated rings. The Balaban J connectivity index is 1.07. The van der Waals surface area contributed by atoms with Gasteiger partial charge in [-0.2, -0.15) is 0 Å². The second kappa shape index (κ2) is 38.2. The molecular weight excluding hydrogens is 1610 g/mol. The van der Waals surface area contributed by atoms with Gasteiger partial charge < -0.3 is 132 Å². The Morgan fingerprint density at radius 3 is 1.96 bits per heavy atom. The van der Waals surface area contributed by atoms with Crippen LogP contribution in [0.3, 0.4) is 0 Å². The Kier molecular flexibility index (Phi) is 27.9. The third-order valence-corrected chi connectivity index (χ3v) is 22.0. The summed E-state index contributed by atoms with van der Waals surface area (Å²) in [6.07, 6.45) is -12.5. The highest BCUT2D eigenvalue weighted by Crippen LogP contribution is 2.48. The molecule has 7 aromatic carbocycles. The summed E-state index contributed by atoms with van der Waals surface area (Å²) >= 11 is 14.1. The van der Waals surface area contributed by atoms with Crippen molar-refractivity contribution in [2.75, 3.05) is 20.2 Å². The molecule has 7 aromatic rings. The molecule has 13 bridgehead atoms. The number of ether oxygens (including phenoxy) is 6. The first kappa shape index (κ1) is 87.7. The third-order valence-electron chi connectivity index (χ3n) is 21.3. The number of likely N-dealkylation sites (N-methyl/N-ethyl adjacent to an activating group) is 1. The average molecular weight is 1700 g/mol. The van der Waals surface area contributed by atoms with Gasteiger partial charge in [0.15, 0.2) is 23.6 Å². The molecule has 0 aromatic heterocycles. The van der Waals surface area contributed by atoms with Crippen molar-refractivity contribution < 1.29 is 133 Å². The van der Waals surface area contributed by atoms with E-state index < -0.39 is 232 Å². The van der Waals surface area contributed by atoms with Crippen LogP contribution in [0.2, 0.25) is 10.0 Å². The zero-order valence-electron chi connectivity index (χ0n) is 64.6. The summed E-state index contributed by atoms with van der Waals surface area (Å²) in [5, 5.41) is 156. The number of aliphatic hydroxyl groups excluding tert-OH is 6. The molecule has 0 aliphatic carbocycles. The van der Waals surface area contributed by atoms with Gasteiger partial charge in [0, 0.05) is 65.8 Å². The van der Waals surface area contributed by atoms with Crippen LogP contribution in [0, 0.1) is 5.92 Å². The maximum absolute atomic E-state index is 16.6. The van der Waals surface area contributed by atoms with Crippen molar-refractivity contribution in [3.05, 3.63) is 170 Å². The van der Waals surface area contributed by atoms with Crippen LogP contribution in [-0.2, 0) is 65.5 Å². The van der Waals surface area contributed by atoms with E-state index in [4.69, 9.17) is 51.6 Å². The zero-order valence-corrected chi connectivity index (χ0v) is 66.1. The summed E-state index contributed by atoms with van der Waals surface area (Å²) in [6.45, 7) is 2.92. The number of carbonyl (C=O) groups is 9. The van der Waals surface area contributed by atoms with E-state index in [0.29, 0.717) is 24.3 Å². The van der Waals surface area contributed by atoms with Crippen molar-refractivity contribution in [3.8, 4) is 74.4 Å². The Hall–Kier alpha value is -11.6. The number of aliphatic carboxylic acids is 2. The van der Waals surface area contributed by atoms with Crippen molar-refractivity contribution in [1.29, 1.82) is 0 Å². The topological polar surface area (TPSA) is 548 Å². The number of carbonyl (C=O) groups excluding carboxylic acids is 7. The first-order chi connectivity index (χ1) is 57.3. The van der Waals surface area contributed by atoms with Gasteiger partial charge in [0.05, 0.1) is 34.9 Å². The number of benzene rings is 7. The highest BCUT2D eigenvalue weighted by atomic mass is 35.5. The van der Waals surface area contributed by atoms with E-state index in [1.165, 1.54) is 73.8 Å². The van der Waals surface area contributed by atoms with Crippen LogP contribution in [0.4, 0.5) is 0 Å². The van der Waals surface area contributed by atoms with Gasteiger partial charge in [0.25, 0.3) is 0 Å². The summed E-state index contributed by atoms with van der Waals surface area (Å²) in [5.41, 5.74) is -2.50. The number of aliphatic hydroxyl groups is 6. The average Bonchev–Trinajstić information content (AvgIpc) is 0.767. The highest BCUT2D eigenvalue weighted by molar-refractivity contribution is 6.33. The minimum atomic E-state index is -2.35. The molecule has 0 saturated carbocycles. The second-order valence-corrected chi connectivity index (χ2v) is 30.9. The largest absolute Gasteiger partial charge is 0.508 e. The highest BCUT2D eigenvalue weighted by Gasteiger charge is 2.50. The Morgan fingerprint density at radius 1 is 0.617 bits per heavy atom.